The number of para-hydroxylation sites is 1. The van der Waals surface area contributed by atoms with Crippen molar-refractivity contribution >= 4 is 33.5 Å². The Labute approximate surface area is 135 Å². The van der Waals surface area contributed by atoms with Gasteiger partial charge in [-0.15, -0.1) is 0 Å². The average Bonchev–Trinajstić information content (AvgIpc) is 2.47. The van der Waals surface area contributed by atoms with Gasteiger partial charge < -0.3 is 10.1 Å². The molecular weight excluding hydrogens is 353 g/mol. The SMILES string of the molecule is CCOC(=O)c1ccccc1NC(=O)c1cc(F)cc(Br)c1. The first-order chi connectivity index (χ1) is 10.5. The Morgan fingerprint density at radius 2 is 1.95 bits per heavy atom. The quantitative estimate of drug-likeness (QED) is 0.832. The van der Waals surface area contributed by atoms with Crippen LogP contribution in [0, 0.1) is 5.82 Å². The Hall–Kier alpha value is -2.21. The van der Waals surface area contributed by atoms with Crippen molar-refractivity contribution in [1.82, 2.24) is 0 Å². The molecule has 0 radical (unpaired) electrons. The van der Waals surface area contributed by atoms with Crippen LogP contribution in [0.2, 0.25) is 0 Å². The number of hydrogen-bond acceptors (Lipinski definition) is 3. The van der Waals surface area contributed by atoms with Gasteiger partial charge >= 0.3 is 5.97 Å². The summed E-state index contributed by atoms with van der Waals surface area (Å²) in [5.41, 5.74) is 0.699. The normalized spacial score (nSPS) is 10.1. The van der Waals surface area contributed by atoms with Gasteiger partial charge in [0, 0.05) is 10.0 Å². The van der Waals surface area contributed by atoms with Gasteiger partial charge in [0.25, 0.3) is 5.91 Å². The first-order valence-electron chi connectivity index (χ1n) is 6.55. The number of hydrogen-bond donors (Lipinski definition) is 1. The zero-order chi connectivity index (χ0) is 16.1. The van der Waals surface area contributed by atoms with Gasteiger partial charge in [-0.05, 0) is 37.3 Å². The van der Waals surface area contributed by atoms with E-state index in [9.17, 15) is 14.0 Å². The summed E-state index contributed by atoms with van der Waals surface area (Å²) in [6.45, 7) is 1.93. The average molecular weight is 366 g/mol. The summed E-state index contributed by atoms with van der Waals surface area (Å²) >= 11 is 3.13. The molecule has 0 aliphatic rings. The highest BCUT2D eigenvalue weighted by Crippen LogP contribution is 2.19. The minimum absolute atomic E-state index is 0.144. The van der Waals surface area contributed by atoms with E-state index in [1.807, 2.05) is 0 Å². The number of benzene rings is 2. The molecule has 6 heteroatoms. The van der Waals surface area contributed by atoms with Crippen LogP contribution in [0.5, 0.6) is 0 Å². The summed E-state index contributed by atoms with van der Waals surface area (Å²) in [7, 11) is 0. The largest absolute Gasteiger partial charge is 0.462 e. The number of amides is 1. The van der Waals surface area contributed by atoms with E-state index >= 15 is 0 Å². The maximum Gasteiger partial charge on any atom is 0.340 e. The minimum Gasteiger partial charge on any atom is -0.462 e. The van der Waals surface area contributed by atoms with E-state index in [2.05, 4.69) is 21.2 Å². The van der Waals surface area contributed by atoms with Crippen molar-refractivity contribution in [1.29, 1.82) is 0 Å². The van der Waals surface area contributed by atoms with Crippen LogP contribution in [0.3, 0.4) is 0 Å². The number of carbonyl (C=O) groups excluding carboxylic acids is 2. The predicted molar refractivity (Wildman–Crippen MR) is 84.5 cm³/mol. The number of nitrogens with one attached hydrogen (secondary N) is 1. The second kappa shape index (κ2) is 7.17. The summed E-state index contributed by atoms with van der Waals surface area (Å²) < 4.78 is 18.7. The Morgan fingerprint density at radius 3 is 2.64 bits per heavy atom. The summed E-state index contributed by atoms with van der Waals surface area (Å²) in [5.74, 6) is -1.58. The molecular formula is C16H13BrFNO3. The fraction of sp³-hybridized carbons (Fsp3) is 0.125. The highest BCUT2D eigenvalue weighted by Gasteiger charge is 2.15. The van der Waals surface area contributed by atoms with Crippen LogP contribution in [0.1, 0.15) is 27.6 Å². The molecule has 2 aromatic carbocycles. The molecule has 0 aromatic heterocycles. The summed E-state index contributed by atoms with van der Waals surface area (Å²) in [6.07, 6.45) is 0. The summed E-state index contributed by atoms with van der Waals surface area (Å²) in [4.78, 5) is 24.1. The molecule has 1 N–H and O–H groups in total. The Bertz CT molecular complexity index is 698. The lowest BCUT2D eigenvalue weighted by Gasteiger charge is -2.10. The molecule has 0 aliphatic heterocycles. The fourth-order valence-corrected chi connectivity index (χ4v) is 2.32. The van der Waals surface area contributed by atoms with Crippen LogP contribution < -0.4 is 5.32 Å². The van der Waals surface area contributed by atoms with Gasteiger partial charge in [0.15, 0.2) is 0 Å². The topological polar surface area (TPSA) is 55.4 Å². The number of rotatable bonds is 4. The molecule has 114 valence electrons. The molecule has 0 atom stereocenters. The van der Waals surface area contributed by atoms with Gasteiger partial charge in [-0.25, -0.2) is 9.18 Å². The minimum atomic E-state index is -0.529. The van der Waals surface area contributed by atoms with Crippen molar-refractivity contribution in [2.75, 3.05) is 11.9 Å². The molecule has 0 spiro atoms. The highest BCUT2D eigenvalue weighted by atomic mass is 79.9. The van der Waals surface area contributed by atoms with Crippen molar-refractivity contribution in [3.8, 4) is 0 Å². The van der Waals surface area contributed by atoms with Gasteiger partial charge in [-0.1, -0.05) is 28.1 Å². The molecule has 0 saturated heterocycles. The van der Waals surface area contributed by atoms with E-state index in [0.717, 1.165) is 6.07 Å². The second-order valence-electron chi connectivity index (χ2n) is 4.38. The molecule has 0 aliphatic carbocycles. The molecule has 0 unspecified atom stereocenters. The lowest BCUT2D eigenvalue weighted by Crippen LogP contribution is -2.16. The molecule has 0 heterocycles. The number of carbonyl (C=O) groups is 2. The van der Waals surface area contributed by atoms with Crippen LogP contribution in [-0.4, -0.2) is 18.5 Å². The Balaban J connectivity index is 2.27. The summed E-state index contributed by atoms with van der Waals surface area (Å²) in [6, 6.07) is 10.3. The van der Waals surface area contributed by atoms with Crippen molar-refractivity contribution in [3.05, 3.63) is 63.9 Å². The maximum atomic E-state index is 13.4. The van der Waals surface area contributed by atoms with Gasteiger partial charge in [-0.2, -0.15) is 0 Å². The Morgan fingerprint density at radius 1 is 1.23 bits per heavy atom. The number of anilines is 1. The fourth-order valence-electron chi connectivity index (χ4n) is 1.86. The first-order valence-corrected chi connectivity index (χ1v) is 7.34. The van der Waals surface area contributed by atoms with Crippen LogP contribution in [0.15, 0.2) is 46.9 Å². The number of ether oxygens (including phenoxy) is 1. The van der Waals surface area contributed by atoms with Crippen molar-refractivity contribution in [2.24, 2.45) is 0 Å². The highest BCUT2D eigenvalue weighted by molar-refractivity contribution is 9.10. The molecule has 2 rings (SSSR count). The van der Waals surface area contributed by atoms with Gasteiger partial charge in [-0.3, -0.25) is 4.79 Å². The third kappa shape index (κ3) is 3.92. The molecule has 1 amide bonds. The van der Waals surface area contributed by atoms with E-state index < -0.39 is 17.7 Å². The molecule has 4 nitrogen and oxygen atoms in total. The maximum absolute atomic E-state index is 13.4. The van der Waals surface area contributed by atoms with E-state index in [1.165, 1.54) is 12.1 Å². The van der Waals surface area contributed by atoms with Gasteiger partial charge in [0.05, 0.1) is 17.9 Å². The Kier molecular flexibility index (Phi) is 5.27. The molecule has 0 saturated carbocycles. The number of halogens is 2. The monoisotopic (exact) mass is 365 g/mol. The van der Waals surface area contributed by atoms with E-state index in [4.69, 9.17) is 4.74 Å². The van der Waals surface area contributed by atoms with Crippen molar-refractivity contribution in [3.63, 3.8) is 0 Å². The molecule has 2 aromatic rings. The van der Waals surface area contributed by atoms with E-state index in [1.54, 1.807) is 31.2 Å². The van der Waals surface area contributed by atoms with Crippen LogP contribution in [-0.2, 0) is 4.74 Å². The van der Waals surface area contributed by atoms with Crippen molar-refractivity contribution in [2.45, 2.75) is 6.92 Å². The second-order valence-corrected chi connectivity index (χ2v) is 5.29. The lowest BCUT2D eigenvalue weighted by molar-refractivity contribution is 0.0527. The van der Waals surface area contributed by atoms with Crippen molar-refractivity contribution < 1.29 is 18.7 Å². The predicted octanol–water partition coefficient (Wildman–Crippen LogP) is 4.02. The first kappa shape index (κ1) is 16.2. The third-order valence-corrected chi connectivity index (χ3v) is 3.25. The third-order valence-electron chi connectivity index (χ3n) is 2.80. The molecule has 0 fully saturated rings. The standard InChI is InChI=1S/C16H13BrFNO3/c1-2-22-16(21)13-5-3-4-6-14(13)19-15(20)10-7-11(17)9-12(18)8-10/h3-9H,2H2,1H3,(H,19,20). The molecule has 22 heavy (non-hydrogen) atoms. The van der Waals surface area contributed by atoms with Gasteiger partial charge in [0.1, 0.15) is 5.82 Å². The number of esters is 1. The summed E-state index contributed by atoms with van der Waals surface area (Å²) in [5, 5.41) is 2.59. The van der Waals surface area contributed by atoms with Crippen LogP contribution in [0.25, 0.3) is 0 Å². The van der Waals surface area contributed by atoms with Crippen LogP contribution in [0.4, 0.5) is 10.1 Å². The van der Waals surface area contributed by atoms with Crippen LogP contribution >= 0.6 is 15.9 Å². The zero-order valence-corrected chi connectivity index (χ0v) is 13.3. The smallest absolute Gasteiger partial charge is 0.340 e. The zero-order valence-electron chi connectivity index (χ0n) is 11.7. The van der Waals surface area contributed by atoms with E-state index in [-0.39, 0.29) is 17.7 Å². The van der Waals surface area contributed by atoms with E-state index in [0.29, 0.717) is 10.2 Å². The van der Waals surface area contributed by atoms with Gasteiger partial charge in [0.2, 0.25) is 0 Å². The lowest BCUT2D eigenvalue weighted by atomic mass is 10.1. The molecule has 0 bridgehead atoms.